The van der Waals surface area contributed by atoms with Crippen LogP contribution in [-0.4, -0.2) is 41.2 Å². The molecule has 1 aromatic carbocycles. The minimum absolute atomic E-state index is 0.0870. The molecule has 1 unspecified atom stereocenters. The number of carboxylic acids is 1. The molecule has 0 aliphatic rings. The van der Waals surface area contributed by atoms with Gasteiger partial charge < -0.3 is 20.3 Å². The smallest absolute Gasteiger partial charge is 0.326 e. The first-order valence-corrected chi connectivity index (χ1v) is 6.73. The van der Waals surface area contributed by atoms with Crippen LogP contribution < -0.4 is 5.32 Å². The van der Waals surface area contributed by atoms with Crippen LogP contribution in [0.1, 0.15) is 23.2 Å². The molecule has 0 aromatic heterocycles. The molecule has 0 heterocycles. The number of nitrogens with one attached hydrogen (secondary N) is 1. The molecule has 0 radical (unpaired) electrons. The third-order valence-electron chi connectivity index (χ3n) is 2.68. The molecule has 1 aromatic rings. The SMILES string of the molecule is COC(=O)CCC(NC(=O)c1ccc(Br)c(O)c1)C(=O)O. The van der Waals surface area contributed by atoms with Crippen LogP contribution in [0, 0.1) is 0 Å². The Balaban J connectivity index is 2.74. The van der Waals surface area contributed by atoms with E-state index in [0.717, 1.165) is 0 Å². The summed E-state index contributed by atoms with van der Waals surface area (Å²) >= 11 is 3.07. The van der Waals surface area contributed by atoms with Gasteiger partial charge >= 0.3 is 11.9 Å². The Bertz CT molecular complexity index is 560. The maximum atomic E-state index is 11.9. The van der Waals surface area contributed by atoms with Crippen molar-refractivity contribution >= 4 is 33.8 Å². The summed E-state index contributed by atoms with van der Waals surface area (Å²) in [4.78, 5) is 34.0. The summed E-state index contributed by atoms with van der Waals surface area (Å²) in [5.41, 5.74) is 0.111. The molecule has 0 fully saturated rings. The number of aliphatic carboxylic acids is 1. The van der Waals surface area contributed by atoms with Crippen molar-refractivity contribution in [1.82, 2.24) is 5.32 Å². The van der Waals surface area contributed by atoms with E-state index in [0.29, 0.717) is 4.47 Å². The zero-order valence-electron chi connectivity index (χ0n) is 11.1. The summed E-state index contributed by atoms with van der Waals surface area (Å²) in [6.07, 6.45) is -0.213. The number of phenolic OH excluding ortho intramolecular Hbond substituents is 1. The Hall–Kier alpha value is -2.09. The molecule has 0 bridgehead atoms. The molecule has 3 N–H and O–H groups in total. The lowest BCUT2D eigenvalue weighted by Gasteiger charge is -2.14. The lowest BCUT2D eigenvalue weighted by molar-refractivity contribution is -0.142. The molecular weight excluding hydrogens is 346 g/mol. The second kappa shape index (κ2) is 7.63. The van der Waals surface area contributed by atoms with E-state index in [9.17, 15) is 19.5 Å². The number of hydrogen-bond acceptors (Lipinski definition) is 5. The highest BCUT2D eigenvalue weighted by molar-refractivity contribution is 9.10. The first kappa shape index (κ1) is 17.0. The number of carbonyl (C=O) groups is 3. The van der Waals surface area contributed by atoms with E-state index in [-0.39, 0.29) is 24.2 Å². The molecule has 0 saturated carbocycles. The lowest BCUT2D eigenvalue weighted by atomic mass is 10.1. The molecule has 0 saturated heterocycles. The second-order valence-corrected chi connectivity index (χ2v) is 5.00. The maximum Gasteiger partial charge on any atom is 0.326 e. The van der Waals surface area contributed by atoms with Crippen LogP contribution in [0.5, 0.6) is 5.75 Å². The van der Waals surface area contributed by atoms with E-state index < -0.39 is 23.9 Å². The predicted molar refractivity (Wildman–Crippen MR) is 75.9 cm³/mol. The van der Waals surface area contributed by atoms with Gasteiger partial charge in [-0.1, -0.05) is 0 Å². The van der Waals surface area contributed by atoms with Gasteiger partial charge in [-0.15, -0.1) is 0 Å². The number of amides is 1. The Labute approximate surface area is 129 Å². The summed E-state index contributed by atoms with van der Waals surface area (Å²) in [5.74, 6) is -2.61. The topological polar surface area (TPSA) is 113 Å². The molecule has 8 heteroatoms. The summed E-state index contributed by atoms with van der Waals surface area (Å²) in [6, 6.07) is 2.88. The average Bonchev–Trinajstić information content (AvgIpc) is 2.45. The standard InChI is InChI=1S/C13H14BrNO6/c1-21-11(17)5-4-9(13(19)20)15-12(18)7-2-3-8(14)10(16)6-7/h2-3,6,9,16H,4-5H2,1H3,(H,15,18)(H,19,20). The van der Waals surface area contributed by atoms with E-state index in [1.54, 1.807) is 0 Å². The zero-order valence-corrected chi connectivity index (χ0v) is 12.7. The molecular formula is C13H14BrNO6. The van der Waals surface area contributed by atoms with E-state index in [1.165, 1.54) is 25.3 Å². The van der Waals surface area contributed by atoms with Crippen molar-refractivity contribution in [2.75, 3.05) is 7.11 Å². The molecule has 21 heavy (non-hydrogen) atoms. The first-order valence-electron chi connectivity index (χ1n) is 5.94. The lowest BCUT2D eigenvalue weighted by Crippen LogP contribution is -2.41. The van der Waals surface area contributed by atoms with Gasteiger partial charge in [-0.3, -0.25) is 9.59 Å². The highest BCUT2D eigenvalue weighted by Crippen LogP contribution is 2.24. The number of carbonyl (C=O) groups excluding carboxylic acids is 2. The third kappa shape index (κ3) is 5.07. The van der Waals surface area contributed by atoms with Crippen LogP contribution >= 0.6 is 15.9 Å². The third-order valence-corrected chi connectivity index (χ3v) is 3.35. The Kier molecular flexibility index (Phi) is 6.16. The number of carboxylic acid groups (broad SMARTS) is 1. The molecule has 1 rings (SSSR count). The number of phenols is 1. The molecule has 0 aliphatic heterocycles. The van der Waals surface area contributed by atoms with Gasteiger partial charge in [-0.05, 0) is 40.5 Å². The fraction of sp³-hybridized carbons (Fsp3) is 0.308. The normalized spacial score (nSPS) is 11.5. The highest BCUT2D eigenvalue weighted by Gasteiger charge is 2.22. The number of esters is 1. The Morgan fingerprint density at radius 2 is 2.05 bits per heavy atom. The highest BCUT2D eigenvalue weighted by atomic mass is 79.9. The van der Waals surface area contributed by atoms with Crippen molar-refractivity contribution in [2.24, 2.45) is 0 Å². The molecule has 7 nitrogen and oxygen atoms in total. The zero-order chi connectivity index (χ0) is 16.0. The fourth-order valence-electron chi connectivity index (χ4n) is 1.52. The van der Waals surface area contributed by atoms with Crippen molar-refractivity contribution in [3.8, 4) is 5.75 Å². The summed E-state index contributed by atoms with van der Waals surface area (Å²) in [6.45, 7) is 0. The number of ether oxygens (including phenoxy) is 1. The van der Waals surface area contributed by atoms with Gasteiger partial charge in [0.2, 0.25) is 0 Å². The van der Waals surface area contributed by atoms with Crippen LogP contribution in [0.25, 0.3) is 0 Å². The van der Waals surface area contributed by atoms with Gasteiger partial charge in [0.25, 0.3) is 5.91 Å². The molecule has 114 valence electrons. The summed E-state index contributed by atoms with van der Waals surface area (Å²) in [5, 5.41) is 20.8. The Morgan fingerprint density at radius 1 is 1.38 bits per heavy atom. The van der Waals surface area contributed by atoms with E-state index in [1.807, 2.05) is 0 Å². The maximum absolute atomic E-state index is 11.9. The number of methoxy groups -OCH3 is 1. The fourth-order valence-corrected chi connectivity index (χ4v) is 1.76. The largest absolute Gasteiger partial charge is 0.507 e. The number of benzene rings is 1. The predicted octanol–water partition coefficient (Wildman–Crippen LogP) is 1.29. The molecule has 1 atom stereocenters. The van der Waals surface area contributed by atoms with Gasteiger partial charge in [0, 0.05) is 12.0 Å². The molecule has 1 amide bonds. The number of hydrogen-bond donors (Lipinski definition) is 3. The first-order chi connectivity index (χ1) is 9.85. The van der Waals surface area contributed by atoms with Crippen LogP contribution in [0.3, 0.4) is 0 Å². The van der Waals surface area contributed by atoms with Crippen molar-refractivity contribution in [3.05, 3.63) is 28.2 Å². The van der Waals surface area contributed by atoms with Gasteiger partial charge in [0.05, 0.1) is 11.6 Å². The number of rotatable bonds is 6. The van der Waals surface area contributed by atoms with Crippen molar-refractivity contribution in [3.63, 3.8) is 0 Å². The van der Waals surface area contributed by atoms with Crippen LogP contribution in [0.15, 0.2) is 22.7 Å². The molecule has 0 spiro atoms. The average molecular weight is 360 g/mol. The minimum atomic E-state index is -1.26. The number of aromatic hydroxyl groups is 1. The van der Waals surface area contributed by atoms with Gasteiger partial charge in [-0.25, -0.2) is 4.79 Å². The summed E-state index contributed by atoms with van der Waals surface area (Å²) in [7, 11) is 1.20. The molecule has 0 aliphatic carbocycles. The van der Waals surface area contributed by atoms with Crippen LogP contribution in [-0.2, 0) is 14.3 Å². The van der Waals surface area contributed by atoms with E-state index >= 15 is 0 Å². The van der Waals surface area contributed by atoms with Gasteiger partial charge in [0.1, 0.15) is 11.8 Å². The van der Waals surface area contributed by atoms with E-state index in [4.69, 9.17) is 5.11 Å². The van der Waals surface area contributed by atoms with Crippen molar-refractivity contribution in [2.45, 2.75) is 18.9 Å². The van der Waals surface area contributed by atoms with Gasteiger partial charge in [0.15, 0.2) is 0 Å². The van der Waals surface area contributed by atoms with Crippen LogP contribution in [0.4, 0.5) is 0 Å². The van der Waals surface area contributed by atoms with Gasteiger partial charge in [-0.2, -0.15) is 0 Å². The quantitative estimate of drug-likeness (QED) is 0.659. The van der Waals surface area contributed by atoms with Crippen LogP contribution in [0.2, 0.25) is 0 Å². The summed E-state index contributed by atoms with van der Waals surface area (Å²) < 4.78 is 4.83. The van der Waals surface area contributed by atoms with Crippen molar-refractivity contribution in [1.29, 1.82) is 0 Å². The number of halogens is 1. The monoisotopic (exact) mass is 359 g/mol. The Morgan fingerprint density at radius 3 is 2.57 bits per heavy atom. The van der Waals surface area contributed by atoms with E-state index in [2.05, 4.69) is 26.0 Å². The minimum Gasteiger partial charge on any atom is -0.507 e. The second-order valence-electron chi connectivity index (χ2n) is 4.15. The van der Waals surface area contributed by atoms with Crippen molar-refractivity contribution < 1.29 is 29.3 Å².